The highest BCUT2D eigenvalue weighted by molar-refractivity contribution is 6.10. The number of aryl methyl sites for hydroxylation is 1. The molecule has 0 saturated heterocycles. The quantitative estimate of drug-likeness (QED) is 0.125. The molecule has 6 aromatic rings. The number of hydrogen-bond donors (Lipinski definition) is 0. The van der Waals surface area contributed by atoms with Gasteiger partial charge in [-0.3, -0.25) is 0 Å². The highest BCUT2D eigenvalue weighted by atomic mass is 16.5. The van der Waals surface area contributed by atoms with Gasteiger partial charge in [-0.25, -0.2) is 0 Å². The van der Waals surface area contributed by atoms with Crippen LogP contribution in [0, 0.1) is 22.7 Å². The van der Waals surface area contributed by atoms with Crippen molar-refractivity contribution in [2.24, 2.45) is 0 Å². The molecule has 0 N–H and O–H groups in total. The number of methoxy groups -OCH3 is 1. The Morgan fingerprint density at radius 2 is 1.18 bits per heavy atom. The van der Waals surface area contributed by atoms with Crippen LogP contribution in [-0.2, 0) is 6.42 Å². The van der Waals surface area contributed by atoms with Crippen LogP contribution in [0.15, 0.2) is 115 Å². The largest absolute Gasteiger partial charge is 0.497 e. The van der Waals surface area contributed by atoms with Gasteiger partial charge in [-0.15, -0.1) is 0 Å². The fourth-order valence-electron chi connectivity index (χ4n) is 5.86. The molecule has 45 heavy (non-hydrogen) atoms. The van der Waals surface area contributed by atoms with Crippen LogP contribution < -0.4 is 9.64 Å². The lowest BCUT2D eigenvalue weighted by Crippen LogP contribution is -2.09. The monoisotopic (exact) mass is 583 g/mol. The Balaban J connectivity index is 1.33. The molecule has 0 amide bonds. The van der Waals surface area contributed by atoms with Gasteiger partial charge in [-0.2, -0.15) is 10.5 Å². The number of hydrogen-bond acceptors (Lipinski definition) is 4. The molecule has 0 saturated carbocycles. The predicted octanol–water partition coefficient (Wildman–Crippen LogP) is 10.7. The number of nitrogens with zero attached hydrogens (tertiary/aromatic N) is 3. The Bertz CT molecular complexity index is 2080. The van der Waals surface area contributed by atoms with E-state index in [0.29, 0.717) is 11.1 Å². The van der Waals surface area contributed by atoms with Crippen molar-refractivity contribution < 1.29 is 4.74 Å². The van der Waals surface area contributed by atoms with E-state index in [1.165, 1.54) is 5.56 Å². The van der Waals surface area contributed by atoms with Crippen molar-refractivity contribution >= 4 is 50.8 Å². The van der Waals surface area contributed by atoms with Crippen LogP contribution in [0.5, 0.6) is 5.75 Å². The van der Waals surface area contributed by atoms with E-state index in [9.17, 15) is 10.5 Å². The molecule has 0 aliphatic heterocycles. The fourth-order valence-corrected chi connectivity index (χ4v) is 5.86. The number of fused-ring (bicyclic) bond motifs is 2. The molecule has 4 nitrogen and oxygen atoms in total. The van der Waals surface area contributed by atoms with E-state index in [1.807, 2.05) is 54.6 Å². The fraction of sp³-hybridized carbons (Fsp3) is 0.122. The SMILES string of the molecule is CCCCc1ccc2c(C#N)c3cc(C=Cc4ccc(N(c5ccccc5)c5ccc(OC)cc5)cc4)ccc3c(C#N)c2c1. The molecule has 0 aromatic heterocycles. The summed E-state index contributed by atoms with van der Waals surface area (Å²) < 4.78 is 5.37. The summed E-state index contributed by atoms with van der Waals surface area (Å²) in [6.45, 7) is 2.17. The Hall–Kier alpha value is -5.84. The summed E-state index contributed by atoms with van der Waals surface area (Å²) >= 11 is 0. The molecule has 0 radical (unpaired) electrons. The molecule has 218 valence electrons. The maximum absolute atomic E-state index is 10.2. The normalized spacial score (nSPS) is 11.0. The smallest absolute Gasteiger partial charge is 0.119 e. The molecule has 0 aliphatic rings. The average molecular weight is 584 g/mol. The second-order valence-electron chi connectivity index (χ2n) is 11.1. The maximum atomic E-state index is 10.2. The summed E-state index contributed by atoms with van der Waals surface area (Å²) in [4.78, 5) is 2.21. The van der Waals surface area contributed by atoms with E-state index in [0.717, 1.165) is 74.7 Å². The molecule has 4 heteroatoms. The zero-order valence-electron chi connectivity index (χ0n) is 25.5. The van der Waals surface area contributed by atoms with Crippen molar-refractivity contribution in [3.63, 3.8) is 0 Å². The molecule has 0 spiro atoms. The summed E-state index contributed by atoms with van der Waals surface area (Å²) in [7, 11) is 1.67. The number of anilines is 3. The first-order valence-electron chi connectivity index (χ1n) is 15.2. The highest BCUT2D eigenvalue weighted by Gasteiger charge is 2.15. The summed E-state index contributed by atoms with van der Waals surface area (Å²) in [6.07, 6.45) is 7.30. The average Bonchev–Trinajstić information content (AvgIpc) is 3.10. The topological polar surface area (TPSA) is 60.1 Å². The third-order valence-corrected chi connectivity index (χ3v) is 8.21. The van der Waals surface area contributed by atoms with Gasteiger partial charge in [0.25, 0.3) is 0 Å². The Kier molecular flexibility index (Phi) is 8.58. The Labute approximate surface area is 264 Å². The van der Waals surface area contributed by atoms with Crippen molar-refractivity contribution in [1.82, 2.24) is 0 Å². The Morgan fingerprint density at radius 1 is 0.622 bits per heavy atom. The van der Waals surface area contributed by atoms with Gasteiger partial charge in [0.05, 0.1) is 18.2 Å². The van der Waals surface area contributed by atoms with E-state index in [4.69, 9.17) is 4.74 Å². The van der Waals surface area contributed by atoms with Crippen molar-refractivity contribution in [3.05, 3.63) is 143 Å². The maximum Gasteiger partial charge on any atom is 0.119 e. The van der Waals surface area contributed by atoms with Crippen LogP contribution in [0.1, 0.15) is 47.6 Å². The zero-order valence-corrected chi connectivity index (χ0v) is 25.5. The number of rotatable bonds is 9. The van der Waals surface area contributed by atoms with E-state index in [-0.39, 0.29) is 0 Å². The summed E-state index contributed by atoms with van der Waals surface area (Å²) in [5, 5.41) is 23.7. The van der Waals surface area contributed by atoms with Crippen molar-refractivity contribution in [2.45, 2.75) is 26.2 Å². The van der Waals surface area contributed by atoms with Crippen LogP contribution in [0.3, 0.4) is 0 Å². The first kappa shape index (κ1) is 29.2. The van der Waals surface area contributed by atoms with Gasteiger partial charge in [-0.1, -0.05) is 80.1 Å². The number of unbranched alkanes of at least 4 members (excludes halogenated alkanes) is 1. The number of ether oxygens (including phenoxy) is 1. The molecule has 0 unspecified atom stereocenters. The molecule has 6 aromatic carbocycles. The highest BCUT2D eigenvalue weighted by Crippen LogP contribution is 2.36. The predicted molar refractivity (Wildman–Crippen MR) is 186 cm³/mol. The van der Waals surface area contributed by atoms with Crippen LogP contribution in [0.2, 0.25) is 0 Å². The summed E-state index contributed by atoms with van der Waals surface area (Å²) in [5.74, 6) is 0.816. The van der Waals surface area contributed by atoms with Crippen LogP contribution in [0.25, 0.3) is 33.7 Å². The second-order valence-corrected chi connectivity index (χ2v) is 11.1. The van der Waals surface area contributed by atoms with Crippen LogP contribution >= 0.6 is 0 Å². The Morgan fingerprint density at radius 3 is 1.80 bits per heavy atom. The third kappa shape index (κ3) is 6.00. The van der Waals surface area contributed by atoms with Crippen molar-refractivity contribution in [3.8, 4) is 17.9 Å². The minimum Gasteiger partial charge on any atom is -0.497 e. The number of nitriles is 2. The van der Waals surface area contributed by atoms with E-state index >= 15 is 0 Å². The first-order chi connectivity index (χ1) is 22.1. The van der Waals surface area contributed by atoms with Crippen molar-refractivity contribution in [2.75, 3.05) is 12.0 Å². The van der Waals surface area contributed by atoms with Gasteiger partial charge in [0, 0.05) is 38.6 Å². The first-order valence-corrected chi connectivity index (χ1v) is 15.2. The number of para-hydroxylation sites is 1. The minimum atomic E-state index is 0.611. The zero-order chi connectivity index (χ0) is 31.2. The molecule has 6 rings (SSSR count). The molecule has 0 atom stereocenters. The molecular weight excluding hydrogens is 550 g/mol. The van der Waals surface area contributed by atoms with Gasteiger partial charge in [0.2, 0.25) is 0 Å². The second kappa shape index (κ2) is 13.2. The van der Waals surface area contributed by atoms with Crippen molar-refractivity contribution in [1.29, 1.82) is 10.5 Å². The van der Waals surface area contributed by atoms with Gasteiger partial charge in [0.15, 0.2) is 0 Å². The minimum absolute atomic E-state index is 0.611. The van der Waals surface area contributed by atoms with E-state index < -0.39 is 0 Å². The van der Waals surface area contributed by atoms with Crippen LogP contribution in [0.4, 0.5) is 17.1 Å². The lowest BCUT2D eigenvalue weighted by atomic mass is 9.90. The summed E-state index contributed by atoms with van der Waals surface area (Å²) in [6, 6.07) is 43.8. The van der Waals surface area contributed by atoms with Gasteiger partial charge >= 0.3 is 0 Å². The molecule has 0 heterocycles. The third-order valence-electron chi connectivity index (χ3n) is 8.21. The van der Waals surface area contributed by atoms with Gasteiger partial charge < -0.3 is 9.64 Å². The lowest BCUT2D eigenvalue weighted by Gasteiger charge is -2.25. The molecule has 0 aliphatic carbocycles. The standard InChI is InChI=1S/C41H33N3O/c1-3-4-8-30-15-23-36-38(25-30)40(27-42)37-24-16-31(26-39(37)41(36)28-43)12-11-29-13-17-33(18-14-29)44(32-9-6-5-7-10-32)34-19-21-35(45-2)22-20-34/h5-7,9-26H,3-4,8H2,1-2H3. The van der Waals surface area contributed by atoms with E-state index in [1.54, 1.807) is 7.11 Å². The molecule has 0 fully saturated rings. The molecule has 0 bridgehead atoms. The lowest BCUT2D eigenvalue weighted by molar-refractivity contribution is 0.415. The van der Waals surface area contributed by atoms with Gasteiger partial charge in [0.1, 0.15) is 17.9 Å². The summed E-state index contributed by atoms with van der Waals surface area (Å²) in [5.41, 5.74) is 7.61. The number of benzene rings is 6. The van der Waals surface area contributed by atoms with Crippen LogP contribution in [-0.4, -0.2) is 7.11 Å². The van der Waals surface area contributed by atoms with E-state index in [2.05, 4.69) is 96.8 Å². The molecular formula is C41H33N3O. The van der Waals surface area contributed by atoms with Gasteiger partial charge in [-0.05, 0) is 90.2 Å².